The number of aryl methyl sites for hydroxylation is 2. The van der Waals surface area contributed by atoms with Crippen molar-refractivity contribution in [1.82, 2.24) is 15.0 Å². The summed E-state index contributed by atoms with van der Waals surface area (Å²) in [5, 5.41) is 4.25. The lowest BCUT2D eigenvalue weighted by Crippen LogP contribution is -2.06. The van der Waals surface area contributed by atoms with Crippen molar-refractivity contribution >= 4 is 17.3 Å². The summed E-state index contributed by atoms with van der Waals surface area (Å²) in [5.74, 6) is 1.21. The Morgan fingerprint density at radius 2 is 2.15 bits per heavy atom. The average Bonchev–Trinajstić information content (AvgIpc) is 2.90. The first-order chi connectivity index (χ1) is 9.71. The first-order valence-corrected chi connectivity index (χ1v) is 7.68. The summed E-state index contributed by atoms with van der Waals surface area (Å²) in [5.41, 5.74) is 0.891. The van der Waals surface area contributed by atoms with E-state index in [0.29, 0.717) is 25.0 Å². The predicted molar refractivity (Wildman–Crippen MR) is 81.4 cm³/mol. The molecule has 2 aromatic heterocycles. The molecule has 0 amide bonds. The average molecular weight is 292 g/mol. The van der Waals surface area contributed by atoms with E-state index >= 15 is 0 Å². The molecule has 2 aromatic rings. The molecule has 0 spiro atoms. The van der Waals surface area contributed by atoms with Gasteiger partial charge in [0.05, 0.1) is 13.2 Å². The van der Waals surface area contributed by atoms with E-state index in [1.807, 2.05) is 19.2 Å². The van der Waals surface area contributed by atoms with Gasteiger partial charge in [-0.15, -0.1) is 11.3 Å². The minimum atomic E-state index is 0.587. The molecule has 1 N–H and O–H groups in total. The van der Waals surface area contributed by atoms with Crippen LogP contribution in [0.4, 0.5) is 5.95 Å². The second-order valence-electron chi connectivity index (χ2n) is 4.45. The molecule has 0 atom stereocenters. The number of thiazole rings is 1. The molecule has 0 aliphatic carbocycles. The maximum atomic E-state index is 5.55. The molecule has 0 aromatic carbocycles. The number of nitrogens with zero attached hydrogens (tertiary/aromatic N) is 3. The van der Waals surface area contributed by atoms with Crippen molar-refractivity contribution in [3.63, 3.8) is 0 Å². The number of ether oxygens (including phenoxy) is 1. The van der Waals surface area contributed by atoms with Crippen molar-refractivity contribution in [3.05, 3.63) is 27.8 Å². The van der Waals surface area contributed by atoms with E-state index in [2.05, 4.69) is 34.1 Å². The Morgan fingerprint density at radius 1 is 1.30 bits per heavy atom. The Kier molecular flexibility index (Phi) is 5.29. The molecule has 0 saturated carbocycles. The Balaban J connectivity index is 1.99. The third-order valence-corrected chi connectivity index (χ3v) is 3.77. The first kappa shape index (κ1) is 14.7. The van der Waals surface area contributed by atoms with Gasteiger partial charge in [-0.2, -0.15) is 4.98 Å². The van der Waals surface area contributed by atoms with E-state index in [1.165, 1.54) is 4.88 Å². The van der Waals surface area contributed by atoms with Crippen molar-refractivity contribution in [3.8, 4) is 5.88 Å². The van der Waals surface area contributed by atoms with Gasteiger partial charge in [-0.3, -0.25) is 0 Å². The van der Waals surface area contributed by atoms with Gasteiger partial charge in [0, 0.05) is 22.8 Å². The smallest absolute Gasteiger partial charge is 0.226 e. The number of hydrogen-bond acceptors (Lipinski definition) is 6. The lowest BCUT2D eigenvalue weighted by molar-refractivity contribution is 0.305. The molecule has 108 valence electrons. The van der Waals surface area contributed by atoms with Crippen LogP contribution >= 0.6 is 11.3 Å². The molecule has 0 aliphatic heterocycles. The molecule has 6 heteroatoms. The van der Waals surface area contributed by atoms with Crippen LogP contribution in [0.2, 0.25) is 0 Å². The Hall–Kier alpha value is -1.69. The zero-order valence-corrected chi connectivity index (χ0v) is 13.0. The fourth-order valence-corrected chi connectivity index (χ4v) is 2.45. The molecule has 0 saturated heterocycles. The minimum Gasteiger partial charge on any atom is -0.478 e. The quantitative estimate of drug-likeness (QED) is 0.849. The molecule has 0 unspecified atom stereocenters. The second-order valence-corrected chi connectivity index (χ2v) is 5.65. The number of aromatic nitrogens is 3. The number of hydrogen-bond donors (Lipinski definition) is 1. The van der Waals surface area contributed by atoms with Gasteiger partial charge in [0.2, 0.25) is 11.8 Å². The van der Waals surface area contributed by atoms with Crippen molar-refractivity contribution in [2.75, 3.05) is 11.9 Å². The molecule has 5 nitrogen and oxygen atoms in total. The van der Waals surface area contributed by atoms with Crippen LogP contribution in [-0.4, -0.2) is 21.6 Å². The fraction of sp³-hybridized carbons (Fsp3) is 0.500. The normalized spacial score (nSPS) is 10.6. The summed E-state index contributed by atoms with van der Waals surface area (Å²) in [6, 6.07) is 1.85. The maximum Gasteiger partial charge on any atom is 0.226 e. The van der Waals surface area contributed by atoms with E-state index in [1.54, 1.807) is 11.3 Å². The van der Waals surface area contributed by atoms with Gasteiger partial charge in [-0.1, -0.05) is 13.8 Å². The highest BCUT2D eigenvalue weighted by Crippen LogP contribution is 2.16. The zero-order chi connectivity index (χ0) is 14.4. The van der Waals surface area contributed by atoms with Gasteiger partial charge in [-0.25, -0.2) is 9.97 Å². The molecule has 2 rings (SSSR count). The predicted octanol–water partition coefficient (Wildman–Crippen LogP) is 3.20. The molecule has 0 aliphatic rings. The largest absolute Gasteiger partial charge is 0.478 e. The number of nitrogens with one attached hydrogen (secondary N) is 1. The van der Waals surface area contributed by atoms with Crippen LogP contribution in [0.1, 0.15) is 35.8 Å². The van der Waals surface area contributed by atoms with Crippen LogP contribution in [0.5, 0.6) is 5.88 Å². The summed E-state index contributed by atoms with van der Waals surface area (Å²) in [6.07, 6.45) is 3.91. The van der Waals surface area contributed by atoms with Gasteiger partial charge in [0.25, 0.3) is 0 Å². The van der Waals surface area contributed by atoms with Gasteiger partial charge >= 0.3 is 0 Å². The molecule has 20 heavy (non-hydrogen) atoms. The van der Waals surface area contributed by atoms with E-state index in [4.69, 9.17) is 4.74 Å². The maximum absolute atomic E-state index is 5.55. The molecule has 2 heterocycles. The number of rotatable bonds is 7. The fourth-order valence-electron chi connectivity index (χ4n) is 1.65. The highest BCUT2D eigenvalue weighted by molar-refractivity contribution is 7.11. The minimum absolute atomic E-state index is 0.587. The highest BCUT2D eigenvalue weighted by atomic mass is 32.1. The van der Waals surface area contributed by atoms with E-state index < -0.39 is 0 Å². The van der Waals surface area contributed by atoms with E-state index in [0.717, 1.165) is 23.5 Å². The summed E-state index contributed by atoms with van der Waals surface area (Å²) < 4.78 is 5.55. The van der Waals surface area contributed by atoms with Crippen molar-refractivity contribution < 1.29 is 4.74 Å². The third kappa shape index (κ3) is 4.16. The van der Waals surface area contributed by atoms with Crippen molar-refractivity contribution in [2.45, 2.75) is 40.2 Å². The lowest BCUT2D eigenvalue weighted by Gasteiger charge is -2.08. The molecule has 0 radical (unpaired) electrons. The van der Waals surface area contributed by atoms with Gasteiger partial charge < -0.3 is 10.1 Å². The van der Waals surface area contributed by atoms with Gasteiger partial charge in [-0.05, 0) is 19.8 Å². The summed E-state index contributed by atoms with van der Waals surface area (Å²) in [4.78, 5) is 14.4. The molecule has 0 fully saturated rings. The van der Waals surface area contributed by atoms with Crippen molar-refractivity contribution in [1.29, 1.82) is 0 Å². The SMILES string of the molecule is CCCOc1cc(C)nc(NCc2ncc(CC)s2)n1. The van der Waals surface area contributed by atoms with Crippen LogP contribution in [-0.2, 0) is 13.0 Å². The zero-order valence-electron chi connectivity index (χ0n) is 12.1. The van der Waals surface area contributed by atoms with Crippen LogP contribution < -0.4 is 10.1 Å². The van der Waals surface area contributed by atoms with Crippen LogP contribution in [0.25, 0.3) is 0 Å². The van der Waals surface area contributed by atoms with Crippen molar-refractivity contribution in [2.24, 2.45) is 0 Å². The molecular formula is C14H20N4OS. The Bertz CT molecular complexity index is 556. The van der Waals surface area contributed by atoms with E-state index in [9.17, 15) is 0 Å². The van der Waals surface area contributed by atoms with Crippen LogP contribution in [0, 0.1) is 6.92 Å². The Labute approximate surface area is 123 Å². The van der Waals surface area contributed by atoms with Gasteiger partial charge in [0.15, 0.2) is 0 Å². The number of anilines is 1. The second kappa shape index (κ2) is 7.19. The monoisotopic (exact) mass is 292 g/mol. The summed E-state index contributed by atoms with van der Waals surface area (Å²) in [6.45, 7) is 7.44. The Morgan fingerprint density at radius 3 is 2.85 bits per heavy atom. The third-order valence-electron chi connectivity index (χ3n) is 2.63. The van der Waals surface area contributed by atoms with Crippen LogP contribution in [0.3, 0.4) is 0 Å². The molecular weight excluding hydrogens is 272 g/mol. The van der Waals surface area contributed by atoms with E-state index in [-0.39, 0.29) is 0 Å². The molecule has 0 bridgehead atoms. The van der Waals surface area contributed by atoms with Gasteiger partial charge in [0.1, 0.15) is 5.01 Å². The topological polar surface area (TPSA) is 59.9 Å². The highest BCUT2D eigenvalue weighted by Gasteiger charge is 2.05. The lowest BCUT2D eigenvalue weighted by atomic mass is 10.4. The standard InChI is InChI=1S/C14H20N4OS/c1-4-6-19-12-7-10(3)17-14(18-12)16-9-13-15-8-11(5-2)20-13/h7-8H,4-6,9H2,1-3H3,(H,16,17,18). The summed E-state index contributed by atoms with van der Waals surface area (Å²) in [7, 11) is 0. The first-order valence-electron chi connectivity index (χ1n) is 6.87. The van der Waals surface area contributed by atoms with Crippen LogP contribution in [0.15, 0.2) is 12.3 Å². The summed E-state index contributed by atoms with van der Waals surface area (Å²) >= 11 is 1.71.